The summed E-state index contributed by atoms with van der Waals surface area (Å²) in [7, 11) is 0. The number of rotatable bonds is 3. The topological polar surface area (TPSA) is 47.3 Å². The van der Waals surface area contributed by atoms with Gasteiger partial charge in [-0.25, -0.2) is 0 Å². The molecular weight excluding hydrogens is 362 g/mol. The molecule has 2 atom stereocenters. The average molecular weight is 382 g/mol. The fourth-order valence-corrected chi connectivity index (χ4v) is 5.58. The Balaban J connectivity index is 1.61. The second kappa shape index (κ2) is 7.28. The molecule has 1 amide bonds. The average Bonchev–Trinajstić information content (AvgIpc) is 3.22. The second-order valence-electron chi connectivity index (χ2n) is 6.51. The van der Waals surface area contributed by atoms with Crippen molar-refractivity contribution in [3.05, 3.63) is 68.9 Å². The third kappa shape index (κ3) is 3.07. The van der Waals surface area contributed by atoms with E-state index in [1.165, 1.54) is 5.56 Å². The fraction of sp³-hybridized carbons (Fsp3) is 0.300. The molecule has 1 aromatic heterocycles. The van der Waals surface area contributed by atoms with Crippen LogP contribution in [0.25, 0.3) is 0 Å². The Kier molecular flexibility index (Phi) is 4.86. The van der Waals surface area contributed by atoms with Crippen LogP contribution in [0.4, 0.5) is 0 Å². The van der Waals surface area contributed by atoms with E-state index < -0.39 is 0 Å². The molecule has 26 heavy (non-hydrogen) atoms. The smallest absolute Gasteiger partial charge is 0.229 e. The zero-order chi connectivity index (χ0) is 18.1. The molecular formula is C20H19N3OS2. The summed E-state index contributed by atoms with van der Waals surface area (Å²) in [6, 6.07) is 16.9. The highest BCUT2D eigenvalue weighted by Gasteiger charge is 2.39. The maximum absolute atomic E-state index is 12.8. The number of fused-ring (bicyclic) bond motifs is 1. The first-order valence-electron chi connectivity index (χ1n) is 8.59. The first-order chi connectivity index (χ1) is 12.7. The van der Waals surface area contributed by atoms with Gasteiger partial charge in [-0.2, -0.15) is 5.26 Å². The van der Waals surface area contributed by atoms with Gasteiger partial charge in [-0.15, -0.1) is 11.3 Å². The number of thiophene rings is 1. The zero-order valence-corrected chi connectivity index (χ0v) is 16.1. The highest BCUT2D eigenvalue weighted by Crippen LogP contribution is 2.44. The van der Waals surface area contributed by atoms with Gasteiger partial charge in [0.1, 0.15) is 0 Å². The second-order valence-corrected chi connectivity index (χ2v) is 8.43. The number of thioether (sulfide) groups is 1. The van der Waals surface area contributed by atoms with Gasteiger partial charge in [0.2, 0.25) is 5.91 Å². The van der Waals surface area contributed by atoms with Crippen LogP contribution in [0, 0.1) is 11.3 Å². The lowest BCUT2D eigenvalue weighted by Gasteiger charge is -2.43. The molecule has 4 nitrogen and oxygen atoms in total. The van der Waals surface area contributed by atoms with Crippen LogP contribution in [-0.4, -0.2) is 28.3 Å². The SMILES string of the molecule is C[C@@H](c1ccccc1)N1CSC2=C(C#N)[C@H](c3cccs3)CC(=O)N2C1. The van der Waals surface area contributed by atoms with Crippen molar-refractivity contribution in [2.75, 3.05) is 12.5 Å². The minimum absolute atomic E-state index is 0.0932. The molecule has 0 unspecified atom stereocenters. The molecule has 3 heterocycles. The van der Waals surface area contributed by atoms with E-state index in [1.807, 2.05) is 35.7 Å². The number of hydrogen-bond donors (Lipinski definition) is 0. The van der Waals surface area contributed by atoms with E-state index in [1.54, 1.807) is 28.0 Å². The van der Waals surface area contributed by atoms with Gasteiger partial charge < -0.3 is 0 Å². The van der Waals surface area contributed by atoms with E-state index in [0.29, 0.717) is 13.1 Å². The van der Waals surface area contributed by atoms with Crippen molar-refractivity contribution >= 4 is 29.0 Å². The Bertz CT molecular complexity index is 870. The van der Waals surface area contributed by atoms with Crippen molar-refractivity contribution < 1.29 is 4.79 Å². The van der Waals surface area contributed by atoms with Crippen molar-refractivity contribution in [3.63, 3.8) is 0 Å². The predicted molar refractivity (Wildman–Crippen MR) is 105 cm³/mol. The number of benzene rings is 1. The van der Waals surface area contributed by atoms with Crippen LogP contribution in [0.15, 0.2) is 58.4 Å². The van der Waals surface area contributed by atoms with E-state index in [-0.39, 0.29) is 17.9 Å². The van der Waals surface area contributed by atoms with Gasteiger partial charge >= 0.3 is 0 Å². The summed E-state index contributed by atoms with van der Waals surface area (Å²) in [5, 5.41) is 12.6. The molecule has 2 aliphatic heterocycles. The van der Waals surface area contributed by atoms with E-state index in [2.05, 4.69) is 30.0 Å². The largest absolute Gasteiger partial charge is 0.292 e. The molecule has 1 saturated heterocycles. The highest BCUT2D eigenvalue weighted by molar-refractivity contribution is 8.03. The van der Waals surface area contributed by atoms with Crippen LogP contribution >= 0.6 is 23.1 Å². The summed E-state index contributed by atoms with van der Waals surface area (Å²) in [5.41, 5.74) is 1.98. The van der Waals surface area contributed by atoms with Crippen molar-refractivity contribution in [1.29, 1.82) is 5.26 Å². The Labute approximate surface area is 161 Å². The van der Waals surface area contributed by atoms with Crippen molar-refractivity contribution in [2.24, 2.45) is 0 Å². The van der Waals surface area contributed by atoms with E-state index in [9.17, 15) is 10.1 Å². The molecule has 0 aliphatic carbocycles. The van der Waals surface area contributed by atoms with Gasteiger partial charge in [-0.05, 0) is 23.9 Å². The van der Waals surface area contributed by atoms with Crippen molar-refractivity contribution in [2.45, 2.75) is 25.3 Å². The summed E-state index contributed by atoms with van der Waals surface area (Å²) in [5.74, 6) is 0.788. The monoisotopic (exact) mass is 381 g/mol. The van der Waals surface area contributed by atoms with Crippen LogP contribution in [0.1, 0.15) is 35.7 Å². The Morgan fingerprint density at radius 1 is 1.23 bits per heavy atom. The summed E-state index contributed by atoms with van der Waals surface area (Å²) >= 11 is 3.23. The maximum atomic E-state index is 12.8. The van der Waals surface area contributed by atoms with Gasteiger partial charge in [-0.3, -0.25) is 14.6 Å². The quantitative estimate of drug-likeness (QED) is 0.784. The standard InChI is InChI=1S/C20H19N3OS2/c1-14(15-6-3-2-4-7-15)22-12-23-19(24)10-16(18-8-5-9-25-18)17(11-21)20(23)26-13-22/h2-9,14,16H,10,12-13H2,1H3/t14-,16+/m0/s1. The predicted octanol–water partition coefficient (Wildman–Crippen LogP) is 4.52. The fourth-order valence-electron chi connectivity index (χ4n) is 3.49. The van der Waals surface area contributed by atoms with Gasteiger partial charge in [0, 0.05) is 23.3 Å². The number of allylic oxidation sites excluding steroid dienone is 1. The summed E-state index contributed by atoms with van der Waals surface area (Å²) in [6.07, 6.45) is 0.376. The number of hydrogen-bond acceptors (Lipinski definition) is 5. The third-order valence-corrected chi connectivity index (χ3v) is 7.19. The number of carbonyl (C=O) groups is 1. The molecule has 1 aromatic carbocycles. The van der Waals surface area contributed by atoms with Crippen LogP contribution in [0.3, 0.4) is 0 Å². The molecule has 6 heteroatoms. The molecule has 1 fully saturated rings. The number of nitriles is 1. The first kappa shape index (κ1) is 17.3. The van der Waals surface area contributed by atoms with Crippen LogP contribution < -0.4 is 0 Å². The van der Waals surface area contributed by atoms with E-state index in [0.717, 1.165) is 21.4 Å². The van der Waals surface area contributed by atoms with Gasteiger partial charge in [-0.1, -0.05) is 48.2 Å². The highest BCUT2D eigenvalue weighted by atomic mass is 32.2. The van der Waals surface area contributed by atoms with Crippen molar-refractivity contribution in [1.82, 2.24) is 9.80 Å². The number of carbonyl (C=O) groups excluding carboxylic acids is 1. The Morgan fingerprint density at radius 3 is 2.73 bits per heavy atom. The van der Waals surface area contributed by atoms with Crippen LogP contribution in [0.5, 0.6) is 0 Å². The Morgan fingerprint density at radius 2 is 2.04 bits per heavy atom. The molecule has 0 bridgehead atoms. The molecule has 0 saturated carbocycles. The third-order valence-electron chi connectivity index (χ3n) is 5.03. The van der Waals surface area contributed by atoms with Gasteiger partial charge in [0.15, 0.2) is 0 Å². The van der Waals surface area contributed by atoms with E-state index >= 15 is 0 Å². The molecule has 2 aromatic rings. The lowest BCUT2D eigenvalue weighted by molar-refractivity contribution is -0.132. The van der Waals surface area contributed by atoms with Crippen LogP contribution in [-0.2, 0) is 4.79 Å². The minimum atomic E-state index is -0.0932. The normalized spacial score (nSPS) is 22.1. The number of amides is 1. The molecule has 132 valence electrons. The molecule has 0 N–H and O–H groups in total. The molecule has 0 spiro atoms. The summed E-state index contributed by atoms with van der Waals surface area (Å²) < 4.78 is 0. The van der Waals surface area contributed by atoms with Gasteiger partial charge in [0.25, 0.3) is 0 Å². The van der Waals surface area contributed by atoms with Crippen LogP contribution in [0.2, 0.25) is 0 Å². The minimum Gasteiger partial charge on any atom is -0.292 e. The maximum Gasteiger partial charge on any atom is 0.229 e. The molecule has 2 aliphatic rings. The Hall–Kier alpha value is -2.07. The summed E-state index contributed by atoms with van der Waals surface area (Å²) in [6.45, 7) is 2.71. The zero-order valence-electron chi connectivity index (χ0n) is 14.5. The van der Waals surface area contributed by atoms with Crippen molar-refractivity contribution in [3.8, 4) is 6.07 Å². The lowest BCUT2D eigenvalue weighted by Crippen LogP contribution is -2.47. The lowest BCUT2D eigenvalue weighted by atomic mass is 9.92. The molecule has 4 rings (SSSR count). The summed E-state index contributed by atoms with van der Waals surface area (Å²) in [4.78, 5) is 18.0. The van der Waals surface area contributed by atoms with E-state index in [4.69, 9.17) is 0 Å². The number of nitrogens with zero attached hydrogens (tertiary/aromatic N) is 3. The first-order valence-corrected chi connectivity index (χ1v) is 10.5. The molecule has 0 radical (unpaired) electrons. The van der Waals surface area contributed by atoms with Gasteiger partial charge in [0.05, 0.1) is 29.2 Å².